The number of benzene rings is 1. The summed E-state index contributed by atoms with van der Waals surface area (Å²) in [5.74, 6) is -0.196. The average Bonchev–Trinajstić information content (AvgIpc) is 3.21. The van der Waals surface area contributed by atoms with Crippen molar-refractivity contribution in [3.05, 3.63) is 17.9 Å². The van der Waals surface area contributed by atoms with Crippen LogP contribution in [-0.4, -0.2) is 28.7 Å². The number of halogens is 1. The van der Waals surface area contributed by atoms with E-state index in [2.05, 4.69) is 4.72 Å². The molecule has 112 valence electrons. The van der Waals surface area contributed by atoms with Crippen LogP contribution in [0.2, 0.25) is 0 Å². The maximum absolute atomic E-state index is 14.0. The van der Waals surface area contributed by atoms with Crippen molar-refractivity contribution in [3.8, 4) is 11.5 Å². The number of ether oxygens (including phenoxy) is 2. The van der Waals surface area contributed by atoms with E-state index in [1.54, 1.807) is 6.92 Å². The Labute approximate surface area is 118 Å². The molecular weight excluding hydrogens is 285 g/mol. The predicted octanol–water partition coefficient (Wildman–Crippen LogP) is 1.92. The number of sulfonamides is 1. The first-order chi connectivity index (χ1) is 9.39. The molecule has 1 atom stereocenters. The van der Waals surface area contributed by atoms with E-state index in [4.69, 9.17) is 9.47 Å². The third-order valence-electron chi connectivity index (χ3n) is 3.40. The van der Waals surface area contributed by atoms with Gasteiger partial charge in [0, 0.05) is 18.2 Å². The minimum absolute atomic E-state index is 0.152. The van der Waals surface area contributed by atoms with Crippen molar-refractivity contribution in [2.45, 2.75) is 30.7 Å². The summed E-state index contributed by atoms with van der Waals surface area (Å²) in [5.41, 5.74) is 0. The Balaban J connectivity index is 2.35. The van der Waals surface area contributed by atoms with Crippen LogP contribution in [0, 0.1) is 11.7 Å². The predicted molar refractivity (Wildman–Crippen MR) is 72.0 cm³/mol. The fraction of sp³-hybridized carbons (Fsp3) is 0.538. The summed E-state index contributed by atoms with van der Waals surface area (Å²) in [6.07, 6.45) is 2.00. The second-order valence-corrected chi connectivity index (χ2v) is 6.57. The topological polar surface area (TPSA) is 64.6 Å². The molecule has 0 aromatic heterocycles. The van der Waals surface area contributed by atoms with Crippen molar-refractivity contribution in [2.75, 3.05) is 14.2 Å². The summed E-state index contributed by atoms with van der Waals surface area (Å²) in [6.45, 7) is 1.79. The third-order valence-corrected chi connectivity index (χ3v) is 4.97. The van der Waals surface area contributed by atoms with E-state index in [0.29, 0.717) is 5.92 Å². The molecule has 1 unspecified atom stereocenters. The quantitative estimate of drug-likeness (QED) is 0.872. The SMILES string of the molecule is COc1cc(F)c(S(=O)(=O)NC(C)C2CC2)cc1OC. The Morgan fingerprint density at radius 1 is 1.25 bits per heavy atom. The second-order valence-electron chi connectivity index (χ2n) is 4.89. The van der Waals surface area contributed by atoms with Crippen molar-refractivity contribution >= 4 is 10.0 Å². The minimum Gasteiger partial charge on any atom is -0.493 e. The number of hydrogen-bond donors (Lipinski definition) is 1. The Morgan fingerprint density at radius 3 is 2.30 bits per heavy atom. The Bertz CT molecular complexity index is 599. The second kappa shape index (κ2) is 5.57. The molecule has 0 heterocycles. The Hall–Kier alpha value is -1.34. The van der Waals surface area contributed by atoms with Crippen molar-refractivity contribution in [1.82, 2.24) is 4.72 Å². The summed E-state index contributed by atoms with van der Waals surface area (Å²) >= 11 is 0. The smallest absolute Gasteiger partial charge is 0.243 e. The summed E-state index contributed by atoms with van der Waals surface area (Å²) < 4.78 is 50.8. The molecule has 1 N–H and O–H groups in total. The molecule has 1 aromatic carbocycles. The van der Waals surface area contributed by atoms with Crippen LogP contribution in [0.15, 0.2) is 17.0 Å². The fourth-order valence-electron chi connectivity index (χ4n) is 2.04. The highest BCUT2D eigenvalue weighted by atomic mass is 32.2. The van der Waals surface area contributed by atoms with E-state index < -0.39 is 20.7 Å². The maximum Gasteiger partial charge on any atom is 0.243 e. The molecule has 1 saturated carbocycles. The van der Waals surface area contributed by atoms with Gasteiger partial charge in [-0.3, -0.25) is 0 Å². The Morgan fingerprint density at radius 2 is 1.80 bits per heavy atom. The first-order valence-corrected chi connectivity index (χ1v) is 7.81. The minimum atomic E-state index is -3.91. The first kappa shape index (κ1) is 15.1. The lowest BCUT2D eigenvalue weighted by molar-refractivity contribution is 0.350. The highest BCUT2D eigenvalue weighted by molar-refractivity contribution is 7.89. The molecule has 0 radical (unpaired) electrons. The van der Waals surface area contributed by atoms with Crippen LogP contribution in [0.1, 0.15) is 19.8 Å². The molecule has 5 nitrogen and oxygen atoms in total. The maximum atomic E-state index is 14.0. The number of rotatable bonds is 6. The molecule has 7 heteroatoms. The number of methoxy groups -OCH3 is 2. The standard InChI is InChI=1S/C13H18FNO4S/c1-8(9-4-5-9)15-20(16,17)13-7-12(19-3)11(18-2)6-10(13)14/h6-9,15H,4-5H2,1-3H3. The molecule has 1 aliphatic rings. The molecule has 1 aromatic rings. The van der Waals surface area contributed by atoms with Crippen molar-refractivity contribution in [3.63, 3.8) is 0 Å². The molecule has 0 aliphatic heterocycles. The van der Waals surface area contributed by atoms with E-state index in [1.807, 2.05) is 0 Å². The molecule has 2 rings (SSSR count). The molecule has 0 spiro atoms. The van der Waals surface area contributed by atoms with Gasteiger partial charge >= 0.3 is 0 Å². The van der Waals surface area contributed by atoms with Gasteiger partial charge in [-0.1, -0.05) is 0 Å². The summed E-state index contributed by atoms with van der Waals surface area (Å²) in [4.78, 5) is -0.428. The van der Waals surface area contributed by atoms with Crippen LogP contribution in [0.25, 0.3) is 0 Å². The number of hydrogen-bond acceptors (Lipinski definition) is 4. The fourth-order valence-corrected chi connectivity index (χ4v) is 3.43. The number of nitrogens with one attached hydrogen (secondary N) is 1. The zero-order valence-electron chi connectivity index (χ0n) is 11.6. The highest BCUT2D eigenvalue weighted by Gasteiger charge is 2.32. The van der Waals surface area contributed by atoms with Gasteiger partial charge in [0.05, 0.1) is 14.2 Å². The molecule has 20 heavy (non-hydrogen) atoms. The molecule has 1 fully saturated rings. The largest absolute Gasteiger partial charge is 0.493 e. The zero-order valence-corrected chi connectivity index (χ0v) is 12.5. The van der Waals surface area contributed by atoms with Gasteiger partial charge < -0.3 is 9.47 Å². The molecular formula is C13H18FNO4S. The highest BCUT2D eigenvalue weighted by Crippen LogP contribution is 2.35. The summed E-state index contributed by atoms with van der Waals surface area (Å²) in [5, 5.41) is 0. The van der Waals surface area contributed by atoms with Gasteiger partial charge in [0.1, 0.15) is 10.7 Å². The lowest BCUT2D eigenvalue weighted by Gasteiger charge is -2.15. The average molecular weight is 303 g/mol. The van der Waals surface area contributed by atoms with E-state index in [0.717, 1.165) is 25.0 Å². The van der Waals surface area contributed by atoms with E-state index in [1.165, 1.54) is 14.2 Å². The van der Waals surface area contributed by atoms with Crippen molar-refractivity contribution in [1.29, 1.82) is 0 Å². The van der Waals surface area contributed by atoms with Crippen molar-refractivity contribution < 1.29 is 22.3 Å². The molecule has 1 aliphatic carbocycles. The van der Waals surface area contributed by atoms with Crippen LogP contribution in [0.5, 0.6) is 11.5 Å². The third kappa shape index (κ3) is 3.04. The molecule has 0 saturated heterocycles. The monoisotopic (exact) mass is 303 g/mol. The van der Waals surface area contributed by atoms with Crippen LogP contribution in [-0.2, 0) is 10.0 Å². The molecule has 0 amide bonds. The lowest BCUT2D eigenvalue weighted by atomic mass is 10.2. The van der Waals surface area contributed by atoms with Gasteiger partial charge in [0.2, 0.25) is 10.0 Å². The van der Waals surface area contributed by atoms with Gasteiger partial charge in [-0.2, -0.15) is 0 Å². The van der Waals surface area contributed by atoms with Crippen LogP contribution in [0.3, 0.4) is 0 Å². The van der Waals surface area contributed by atoms with Gasteiger partial charge in [0.25, 0.3) is 0 Å². The van der Waals surface area contributed by atoms with Crippen molar-refractivity contribution in [2.24, 2.45) is 5.92 Å². The molecule has 0 bridgehead atoms. The van der Waals surface area contributed by atoms with E-state index in [9.17, 15) is 12.8 Å². The van der Waals surface area contributed by atoms with Crippen LogP contribution < -0.4 is 14.2 Å². The first-order valence-electron chi connectivity index (χ1n) is 6.33. The Kier molecular flexibility index (Phi) is 4.19. The normalized spacial score (nSPS) is 16.8. The summed E-state index contributed by atoms with van der Waals surface area (Å²) in [6, 6.07) is 1.94. The summed E-state index contributed by atoms with van der Waals surface area (Å²) in [7, 11) is -1.19. The van der Waals surface area contributed by atoms with Gasteiger partial charge in [0.15, 0.2) is 11.5 Å². The van der Waals surface area contributed by atoms with Gasteiger partial charge in [-0.05, 0) is 25.7 Å². The lowest BCUT2D eigenvalue weighted by Crippen LogP contribution is -2.34. The zero-order chi connectivity index (χ0) is 14.9. The van der Waals surface area contributed by atoms with Crippen LogP contribution in [0.4, 0.5) is 4.39 Å². The van der Waals surface area contributed by atoms with Crippen LogP contribution >= 0.6 is 0 Å². The van der Waals surface area contributed by atoms with Gasteiger partial charge in [-0.25, -0.2) is 17.5 Å². The van der Waals surface area contributed by atoms with E-state index >= 15 is 0 Å². The van der Waals surface area contributed by atoms with E-state index in [-0.39, 0.29) is 17.5 Å². The van der Waals surface area contributed by atoms with Gasteiger partial charge in [-0.15, -0.1) is 0 Å².